The van der Waals surface area contributed by atoms with Crippen LogP contribution in [0, 0.1) is 0 Å². The zero-order valence-corrected chi connectivity index (χ0v) is 11.6. The van der Waals surface area contributed by atoms with Gasteiger partial charge in [0.15, 0.2) is 0 Å². The third-order valence-corrected chi connectivity index (χ3v) is 4.04. The van der Waals surface area contributed by atoms with Crippen molar-refractivity contribution >= 4 is 11.7 Å². The van der Waals surface area contributed by atoms with Gasteiger partial charge in [-0.25, -0.2) is 0 Å². The molecule has 110 valence electrons. The SMILES string of the molecule is NCc1ccc(N2CCC(O)(CCC(=O)O)CC2)cc1. The van der Waals surface area contributed by atoms with Crippen LogP contribution >= 0.6 is 0 Å². The summed E-state index contributed by atoms with van der Waals surface area (Å²) in [6, 6.07) is 8.12. The van der Waals surface area contributed by atoms with Crippen LogP contribution in [0.4, 0.5) is 5.69 Å². The Morgan fingerprint density at radius 2 is 1.85 bits per heavy atom. The van der Waals surface area contributed by atoms with E-state index in [1.54, 1.807) is 0 Å². The van der Waals surface area contributed by atoms with Crippen LogP contribution in [0.3, 0.4) is 0 Å². The Kier molecular flexibility index (Phi) is 4.62. The van der Waals surface area contributed by atoms with Crippen molar-refractivity contribution < 1.29 is 15.0 Å². The van der Waals surface area contributed by atoms with Gasteiger partial charge >= 0.3 is 5.97 Å². The largest absolute Gasteiger partial charge is 0.481 e. The van der Waals surface area contributed by atoms with Crippen LogP contribution in [0.5, 0.6) is 0 Å². The van der Waals surface area contributed by atoms with E-state index < -0.39 is 11.6 Å². The van der Waals surface area contributed by atoms with E-state index in [1.165, 1.54) is 0 Å². The van der Waals surface area contributed by atoms with Crippen LogP contribution in [0.1, 0.15) is 31.2 Å². The first-order valence-electron chi connectivity index (χ1n) is 7.00. The molecule has 1 aromatic rings. The van der Waals surface area contributed by atoms with E-state index >= 15 is 0 Å². The molecule has 5 nitrogen and oxygen atoms in total. The monoisotopic (exact) mass is 278 g/mol. The molecule has 0 aliphatic carbocycles. The molecule has 1 saturated heterocycles. The molecule has 1 aliphatic rings. The van der Waals surface area contributed by atoms with Gasteiger partial charge < -0.3 is 20.8 Å². The minimum Gasteiger partial charge on any atom is -0.481 e. The van der Waals surface area contributed by atoms with Gasteiger partial charge in [-0.1, -0.05) is 12.1 Å². The van der Waals surface area contributed by atoms with E-state index in [-0.39, 0.29) is 6.42 Å². The molecular formula is C15H22N2O3. The predicted molar refractivity (Wildman–Crippen MR) is 77.6 cm³/mol. The first-order chi connectivity index (χ1) is 9.52. The molecule has 0 radical (unpaired) electrons. The van der Waals surface area contributed by atoms with E-state index in [0.29, 0.717) is 25.8 Å². The van der Waals surface area contributed by atoms with E-state index in [1.807, 2.05) is 24.3 Å². The summed E-state index contributed by atoms with van der Waals surface area (Å²) in [5.41, 5.74) is 6.98. The number of nitrogens with two attached hydrogens (primary N) is 1. The third kappa shape index (κ3) is 3.71. The Morgan fingerprint density at radius 1 is 1.25 bits per heavy atom. The molecule has 0 saturated carbocycles. The maximum absolute atomic E-state index is 10.6. The fourth-order valence-corrected chi connectivity index (χ4v) is 2.61. The topological polar surface area (TPSA) is 86.8 Å². The number of nitrogens with zero attached hydrogens (tertiary/aromatic N) is 1. The van der Waals surface area contributed by atoms with Gasteiger partial charge in [0.2, 0.25) is 0 Å². The lowest BCUT2D eigenvalue weighted by Gasteiger charge is -2.39. The minimum absolute atomic E-state index is 0.0295. The zero-order chi connectivity index (χ0) is 14.6. The normalized spacial score (nSPS) is 18.0. The Balaban J connectivity index is 1.91. The summed E-state index contributed by atoms with van der Waals surface area (Å²) in [6.45, 7) is 2.03. The van der Waals surface area contributed by atoms with Crippen LogP contribution in [-0.2, 0) is 11.3 Å². The molecule has 0 unspecified atom stereocenters. The second-order valence-corrected chi connectivity index (χ2v) is 5.48. The second-order valence-electron chi connectivity index (χ2n) is 5.48. The number of piperidine rings is 1. The summed E-state index contributed by atoms with van der Waals surface area (Å²) >= 11 is 0. The van der Waals surface area contributed by atoms with Gasteiger partial charge in [-0.15, -0.1) is 0 Å². The molecule has 1 heterocycles. The quantitative estimate of drug-likeness (QED) is 0.756. The lowest BCUT2D eigenvalue weighted by atomic mass is 9.87. The summed E-state index contributed by atoms with van der Waals surface area (Å²) in [5.74, 6) is -0.849. The van der Waals surface area contributed by atoms with E-state index in [0.717, 1.165) is 24.3 Å². The third-order valence-electron chi connectivity index (χ3n) is 4.04. The Labute approximate surface area is 119 Å². The highest BCUT2D eigenvalue weighted by Gasteiger charge is 2.32. The van der Waals surface area contributed by atoms with E-state index in [9.17, 15) is 9.90 Å². The van der Waals surface area contributed by atoms with Gasteiger partial charge in [-0.3, -0.25) is 4.79 Å². The molecule has 1 fully saturated rings. The highest BCUT2D eigenvalue weighted by molar-refractivity contribution is 5.66. The number of rotatable bonds is 5. The van der Waals surface area contributed by atoms with E-state index in [2.05, 4.69) is 4.90 Å². The second kappa shape index (κ2) is 6.24. The Morgan fingerprint density at radius 3 is 2.35 bits per heavy atom. The number of anilines is 1. The molecule has 0 bridgehead atoms. The molecular weight excluding hydrogens is 256 g/mol. The summed E-state index contributed by atoms with van der Waals surface area (Å²) in [6.07, 6.45) is 1.59. The standard InChI is InChI=1S/C15H22N2O3/c16-11-12-1-3-13(4-2-12)17-9-7-15(20,8-10-17)6-5-14(18)19/h1-4,20H,5-11,16H2,(H,18,19). The molecule has 2 rings (SSSR count). The minimum atomic E-state index is -0.849. The number of hydrogen-bond acceptors (Lipinski definition) is 4. The molecule has 1 aromatic carbocycles. The van der Waals surface area contributed by atoms with Crippen molar-refractivity contribution in [1.82, 2.24) is 0 Å². The summed E-state index contributed by atoms with van der Waals surface area (Å²) in [4.78, 5) is 12.8. The number of benzene rings is 1. The highest BCUT2D eigenvalue weighted by Crippen LogP contribution is 2.29. The van der Waals surface area contributed by atoms with Crippen molar-refractivity contribution in [2.75, 3.05) is 18.0 Å². The number of aliphatic carboxylic acids is 1. The first kappa shape index (κ1) is 14.8. The van der Waals surface area contributed by atoms with Crippen molar-refractivity contribution in [2.24, 2.45) is 5.73 Å². The summed E-state index contributed by atoms with van der Waals surface area (Å²) < 4.78 is 0. The van der Waals surface area contributed by atoms with Crippen molar-refractivity contribution in [3.63, 3.8) is 0 Å². The van der Waals surface area contributed by atoms with Crippen LogP contribution in [0.2, 0.25) is 0 Å². The van der Waals surface area contributed by atoms with Crippen molar-refractivity contribution in [3.05, 3.63) is 29.8 Å². The molecule has 5 heteroatoms. The molecule has 0 aromatic heterocycles. The van der Waals surface area contributed by atoms with Gasteiger partial charge in [0.25, 0.3) is 0 Å². The number of carboxylic acids is 1. The summed E-state index contributed by atoms with van der Waals surface area (Å²) in [7, 11) is 0. The Hall–Kier alpha value is -1.59. The number of carbonyl (C=O) groups is 1. The fourth-order valence-electron chi connectivity index (χ4n) is 2.61. The number of carboxylic acid groups (broad SMARTS) is 1. The molecule has 0 atom stereocenters. The van der Waals surface area contributed by atoms with Crippen molar-refractivity contribution in [1.29, 1.82) is 0 Å². The van der Waals surface area contributed by atoms with Gasteiger partial charge in [0.05, 0.1) is 5.60 Å². The lowest BCUT2D eigenvalue weighted by Crippen LogP contribution is -2.44. The van der Waals surface area contributed by atoms with E-state index in [4.69, 9.17) is 10.8 Å². The highest BCUT2D eigenvalue weighted by atomic mass is 16.4. The fraction of sp³-hybridized carbons (Fsp3) is 0.533. The molecule has 0 amide bonds. The van der Waals surface area contributed by atoms with Crippen LogP contribution < -0.4 is 10.6 Å². The molecule has 4 N–H and O–H groups in total. The maximum Gasteiger partial charge on any atom is 0.303 e. The zero-order valence-electron chi connectivity index (χ0n) is 11.6. The van der Waals surface area contributed by atoms with Gasteiger partial charge in [-0.05, 0) is 37.0 Å². The Bertz CT molecular complexity index is 451. The van der Waals surface area contributed by atoms with Crippen molar-refractivity contribution in [2.45, 2.75) is 37.8 Å². The molecule has 20 heavy (non-hydrogen) atoms. The van der Waals surface area contributed by atoms with Gasteiger partial charge in [0.1, 0.15) is 0 Å². The molecule has 0 spiro atoms. The van der Waals surface area contributed by atoms with Crippen LogP contribution in [-0.4, -0.2) is 34.9 Å². The number of hydrogen-bond donors (Lipinski definition) is 3. The number of aliphatic hydroxyl groups is 1. The molecule has 1 aliphatic heterocycles. The van der Waals surface area contributed by atoms with Crippen LogP contribution in [0.25, 0.3) is 0 Å². The van der Waals surface area contributed by atoms with Gasteiger partial charge in [-0.2, -0.15) is 0 Å². The summed E-state index contributed by atoms with van der Waals surface area (Å²) in [5, 5.41) is 19.1. The predicted octanol–water partition coefficient (Wildman–Crippen LogP) is 1.34. The van der Waals surface area contributed by atoms with Crippen LogP contribution in [0.15, 0.2) is 24.3 Å². The van der Waals surface area contributed by atoms with Gasteiger partial charge in [0, 0.05) is 31.7 Å². The maximum atomic E-state index is 10.6. The first-order valence-corrected chi connectivity index (χ1v) is 7.00. The average molecular weight is 278 g/mol. The smallest absolute Gasteiger partial charge is 0.303 e. The van der Waals surface area contributed by atoms with Crippen molar-refractivity contribution in [3.8, 4) is 0 Å². The lowest BCUT2D eigenvalue weighted by molar-refractivity contribution is -0.138. The average Bonchev–Trinajstić information content (AvgIpc) is 2.46.